The van der Waals surface area contributed by atoms with E-state index in [1.165, 1.54) is 18.2 Å². The summed E-state index contributed by atoms with van der Waals surface area (Å²) in [5.74, 6) is 0.0757. The zero-order chi connectivity index (χ0) is 17.6. The van der Waals surface area contributed by atoms with Gasteiger partial charge in [0.1, 0.15) is 5.75 Å². The first-order valence-electron chi connectivity index (χ1n) is 7.60. The maximum absolute atomic E-state index is 12.3. The molecule has 0 fully saturated rings. The van der Waals surface area contributed by atoms with Crippen LogP contribution in [-0.2, 0) is 10.0 Å². The van der Waals surface area contributed by atoms with Crippen molar-refractivity contribution in [2.75, 3.05) is 18.5 Å². The summed E-state index contributed by atoms with van der Waals surface area (Å²) in [6.45, 7) is 4.19. The first-order valence-corrected chi connectivity index (χ1v) is 9.09. The topological polar surface area (TPSA) is 84.5 Å². The van der Waals surface area contributed by atoms with Gasteiger partial charge in [-0.25, -0.2) is 13.1 Å². The zero-order valence-electron chi connectivity index (χ0n) is 13.6. The Morgan fingerprint density at radius 2 is 1.79 bits per heavy atom. The number of amides is 1. The first kappa shape index (κ1) is 18.0. The summed E-state index contributed by atoms with van der Waals surface area (Å²) in [4.78, 5) is 12.4. The smallest absolute Gasteiger partial charge is 0.255 e. The third kappa shape index (κ3) is 4.33. The van der Waals surface area contributed by atoms with Crippen molar-refractivity contribution in [3.8, 4) is 5.75 Å². The molecule has 0 bridgehead atoms. The molecule has 2 aromatic rings. The highest BCUT2D eigenvalue weighted by atomic mass is 32.2. The lowest BCUT2D eigenvalue weighted by Crippen LogP contribution is -2.23. The van der Waals surface area contributed by atoms with Gasteiger partial charge in [-0.3, -0.25) is 4.79 Å². The van der Waals surface area contributed by atoms with Crippen LogP contribution in [0.25, 0.3) is 0 Å². The summed E-state index contributed by atoms with van der Waals surface area (Å²) in [5.41, 5.74) is 0.782. The van der Waals surface area contributed by atoms with Crippen LogP contribution in [-0.4, -0.2) is 27.5 Å². The van der Waals surface area contributed by atoms with Crippen molar-refractivity contribution in [3.63, 3.8) is 0 Å². The van der Waals surface area contributed by atoms with Crippen LogP contribution in [0.1, 0.15) is 24.2 Å². The van der Waals surface area contributed by atoms with E-state index in [4.69, 9.17) is 4.74 Å². The summed E-state index contributed by atoms with van der Waals surface area (Å²) in [7, 11) is -3.62. The Labute approximate surface area is 141 Å². The Hall–Kier alpha value is -2.38. The van der Waals surface area contributed by atoms with Gasteiger partial charge in [-0.05, 0) is 37.3 Å². The fourth-order valence-electron chi connectivity index (χ4n) is 2.11. The molecule has 0 spiro atoms. The number of anilines is 1. The molecule has 0 aliphatic carbocycles. The van der Waals surface area contributed by atoms with Crippen molar-refractivity contribution in [2.24, 2.45) is 0 Å². The van der Waals surface area contributed by atoms with Gasteiger partial charge in [-0.2, -0.15) is 0 Å². The highest BCUT2D eigenvalue weighted by Gasteiger charge is 2.17. The number of carbonyl (C=O) groups is 1. The molecule has 0 aliphatic rings. The van der Waals surface area contributed by atoms with E-state index in [1.54, 1.807) is 31.2 Å². The Bertz CT molecular complexity index is 805. The zero-order valence-corrected chi connectivity index (χ0v) is 14.4. The van der Waals surface area contributed by atoms with Gasteiger partial charge >= 0.3 is 0 Å². The molecule has 7 heteroatoms. The van der Waals surface area contributed by atoms with Gasteiger partial charge in [-0.1, -0.05) is 25.1 Å². The van der Waals surface area contributed by atoms with Gasteiger partial charge in [0.15, 0.2) is 0 Å². The van der Waals surface area contributed by atoms with E-state index in [2.05, 4.69) is 10.0 Å². The Balaban J connectivity index is 2.37. The molecule has 0 atom stereocenters. The SMILES string of the molecule is CCNS(=O)(=O)c1ccc(OCC)c(NC(=O)c2ccccc2)c1. The molecule has 2 aromatic carbocycles. The number of rotatable bonds is 7. The molecule has 0 radical (unpaired) electrons. The highest BCUT2D eigenvalue weighted by molar-refractivity contribution is 7.89. The monoisotopic (exact) mass is 348 g/mol. The summed E-state index contributed by atoms with van der Waals surface area (Å²) in [6.07, 6.45) is 0. The number of sulfonamides is 1. The molecular weight excluding hydrogens is 328 g/mol. The van der Waals surface area contributed by atoms with Crippen LogP contribution in [0, 0.1) is 0 Å². The van der Waals surface area contributed by atoms with E-state index in [-0.39, 0.29) is 17.3 Å². The average molecular weight is 348 g/mol. The van der Waals surface area contributed by atoms with Crippen LogP contribution in [0.5, 0.6) is 5.75 Å². The van der Waals surface area contributed by atoms with Crippen LogP contribution in [0.4, 0.5) is 5.69 Å². The van der Waals surface area contributed by atoms with E-state index >= 15 is 0 Å². The van der Waals surface area contributed by atoms with Crippen LogP contribution in [0.3, 0.4) is 0 Å². The number of hydrogen-bond donors (Lipinski definition) is 2. The lowest BCUT2D eigenvalue weighted by atomic mass is 10.2. The van der Waals surface area contributed by atoms with Crippen molar-refractivity contribution >= 4 is 21.6 Å². The van der Waals surface area contributed by atoms with Crippen molar-refractivity contribution < 1.29 is 17.9 Å². The van der Waals surface area contributed by atoms with E-state index in [0.29, 0.717) is 23.6 Å². The second-order valence-corrected chi connectivity index (χ2v) is 6.68. The molecule has 0 unspecified atom stereocenters. The molecule has 0 saturated carbocycles. The molecule has 2 N–H and O–H groups in total. The lowest BCUT2D eigenvalue weighted by molar-refractivity contribution is 0.102. The number of ether oxygens (including phenoxy) is 1. The standard InChI is InChI=1S/C17H20N2O4S/c1-3-18-24(21,22)14-10-11-16(23-4-2)15(12-14)19-17(20)13-8-6-5-7-9-13/h5-12,18H,3-4H2,1-2H3,(H,19,20). The van der Waals surface area contributed by atoms with Gasteiger partial charge in [0.05, 0.1) is 17.2 Å². The second kappa shape index (κ2) is 7.94. The first-order chi connectivity index (χ1) is 11.5. The van der Waals surface area contributed by atoms with Crippen molar-refractivity contribution in [1.29, 1.82) is 0 Å². The molecular formula is C17H20N2O4S. The molecule has 0 saturated heterocycles. The summed E-state index contributed by atoms with van der Waals surface area (Å²) in [5, 5.41) is 2.71. The predicted molar refractivity (Wildman–Crippen MR) is 92.9 cm³/mol. The number of hydrogen-bond acceptors (Lipinski definition) is 4. The number of benzene rings is 2. The van der Waals surface area contributed by atoms with Gasteiger partial charge in [0.25, 0.3) is 5.91 Å². The van der Waals surface area contributed by atoms with Crippen LogP contribution < -0.4 is 14.8 Å². The summed E-state index contributed by atoms with van der Waals surface area (Å²) >= 11 is 0. The van der Waals surface area contributed by atoms with E-state index in [9.17, 15) is 13.2 Å². The minimum atomic E-state index is -3.62. The van der Waals surface area contributed by atoms with Gasteiger partial charge in [0.2, 0.25) is 10.0 Å². The summed E-state index contributed by atoms with van der Waals surface area (Å²) < 4.78 is 32.2. The average Bonchev–Trinajstić information content (AvgIpc) is 2.57. The molecule has 24 heavy (non-hydrogen) atoms. The Morgan fingerprint density at radius 3 is 2.42 bits per heavy atom. The predicted octanol–water partition coefficient (Wildman–Crippen LogP) is 2.64. The van der Waals surface area contributed by atoms with Crippen molar-refractivity contribution in [1.82, 2.24) is 4.72 Å². The molecule has 2 rings (SSSR count). The Morgan fingerprint density at radius 1 is 1.08 bits per heavy atom. The van der Waals surface area contributed by atoms with Gasteiger partial charge in [-0.15, -0.1) is 0 Å². The summed E-state index contributed by atoms with van der Waals surface area (Å²) in [6, 6.07) is 13.0. The van der Waals surface area contributed by atoms with Gasteiger partial charge < -0.3 is 10.1 Å². The van der Waals surface area contributed by atoms with E-state index in [1.807, 2.05) is 13.0 Å². The molecule has 0 heterocycles. The fourth-order valence-corrected chi connectivity index (χ4v) is 3.18. The third-order valence-corrected chi connectivity index (χ3v) is 4.72. The minimum Gasteiger partial charge on any atom is -0.492 e. The van der Waals surface area contributed by atoms with Gasteiger partial charge in [0, 0.05) is 12.1 Å². The molecule has 128 valence electrons. The Kier molecular flexibility index (Phi) is 5.94. The molecule has 0 aliphatic heterocycles. The second-order valence-electron chi connectivity index (χ2n) is 4.91. The largest absolute Gasteiger partial charge is 0.492 e. The maximum Gasteiger partial charge on any atom is 0.255 e. The van der Waals surface area contributed by atoms with Crippen molar-refractivity contribution in [2.45, 2.75) is 18.7 Å². The molecule has 6 nitrogen and oxygen atoms in total. The number of carbonyl (C=O) groups excluding carboxylic acids is 1. The minimum absolute atomic E-state index is 0.0659. The van der Waals surface area contributed by atoms with Crippen LogP contribution >= 0.6 is 0 Å². The third-order valence-electron chi connectivity index (χ3n) is 3.18. The van der Waals surface area contributed by atoms with E-state index < -0.39 is 10.0 Å². The van der Waals surface area contributed by atoms with Crippen LogP contribution in [0.2, 0.25) is 0 Å². The number of nitrogens with one attached hydrogen (secondary N) is 2. The molecule has 0 aromatic heterocycles. The molecule has 1 amide bonds. The van der Waals surface area contributed by atoms with E-state index in [0.717, 1.165) is 0 Å². The normalized spacial score (nSPS) is 11.1. The highest BCUT2D eigenvalue weighted by Crippen LogP contribution is 2.28. The lowest BCUT2D eigenvalue weighted by Gasteiger charge is -2.14. The maximum atomic E-state index is 12.3. The van der Waals surface area contributed by atoms with Crippen LogP contribution in [0.15, 0.2) is 53.4 Å². The quantitative estimate of drug-likeness (QED) is 0.805. The van der Waals surface area contributed by atoms with Crippen molar-refractivity contribution in [3.05, 3.63) is 54.1 Å². The fraction of sp³-hybridized carbons (Fsp3) is 0.235.